The molecule has 1 heterocycles. The Morgan fingerprint density at radius 1 is 1.09 bits per heavy atom. The Labute approximate surface area is 137 Å². The number of rotatable bonds is 5. The Kier molecular flexibility index (Phi) is 4.58. The number of allylic oxidation sites excluding steroid dienone is 5. The summed E-state index contributed by atoms with van der Waals surface area (Å²) in [7, 11) is 0. The second kappa shape index (κ2) is 6.97. The number of fused-ring (bicyclic) bond motifs is 1. The average Bonchev–Trinajstić information content (AvgIpc) is 3.08. The first-order chi connectivity index (χ1) is 11.3. The normalized spacial score (nSPS) is 11.7. The molecule has 0 aliphatic heterocycles. The van der Waals surface area contributed by atoms with Gasteiger partial charge in [-0.25, -0.2) is 0 Å². The fraction of sp³-hybridized carbons (Fsp3) is 0.0909. The van der Waals surface area contributed by atoms with Crippen molar-refractivity contribution in [3.8, 4) is 11.1 Å². The number of benzene rings is 2. The van der Waals surface area contributed by atoms with Crippen LogP contribution < -0.4 is 0 Å². The molecule has 0 atom stereocenters. The summed E-state index contributed by atoms with van der Waals surface area (Å²) >= 11 is 0. The fourth-order valence-electron chi connectivity index (χ4n) is 3.08. The predicted octanol–water partition coefficient (Wildman–Crippen LogP) is 5.98. The lowest BCUT2D eigenvalue weighted by atomic mass is 9.89. The van der Waals surface area contributed by atoms with Gasteiger partial charge in [-0.3, -0.25) is 0 Å². The molecule has 0 aliphatic rings. The molecule has 0 spiro atoms. The second-order valence-electron chi connectivity index (χ2n) is 5.62. The van der Waals surface area contributed by atoms with Crippen molar-refractivity contribution in [2.45, 2.75) is 13.3 Å². The minimum absolute atomic E-state index is 0.907. The van der Waals surface area contributed by atoms with E-state index < -0.39 is 0 Å². The van der Waals surface area contributed by atoms with Crippen molar-refractivity contribution in [2.24, 2.45) is 0 Å². The zero-order chi connectivity index (χ0) is 16.1. The van der Waals surface area contributed by atoms with Crippen LogP contribution in [-0.2, 0) is 6.42 Å². The molecule has 0 aliphatic carbocycles. The summed E-state index contributed by atoms with van der Waals surface area (Å²) in [5, 5.41) is 2.63. The molecule has 0 fully saturated rings. The number of aromatic amines is 1. The first kappa shape index (κ1) is 15.1. The van der Waals surface area contributed by atoms with Crippen LogP contribution in [0, 0.1) is 6.92 Å². The van der Waals surface area contributed by atoms with Crippen LogP contribution in [0.3, 0.4) is 0 Å². The van der Waals surface area contributed by atoms with Crippen LogP contribution in [0.25, 0.3) is 21.9 Å². The average molecular weight is 299 g/mol. The molecule has 1 nitrogen and oxygen atoms in total. The molecule has 1 N–H and O–H groups in total. The van der Waals surface area contributed by atoms with Crippen LogP contribution in [0.2, 0.25) is 0 Å². The van der Waals surface area contributed by atoms with Crippen LogP contribution in [0.15, 0.2) is 85.8 Å². The molecule has 2 aromatic carbocycles. The van der Waals surface area contributed by atoms with Crippen LogP contribution in [0.1, 0.15) is 11.1 Å². The highest BCUT2D eigenvalue weighted by Gasteiger charge is 2.12. The molecular formula is C22H21N. The van der Waals surface area contributed by atoms with Crippen molar-refractivity contribution in [1.82, 2.24) is 4.98 Å². The maximum atomic E-state index is 3.69. The van der Waals surface area contributed by atoms with Gasteiger partial charge in [-0.05, 0) is 52.4 Å². The maximum absolute atomic E-state index is 3.69. The van der Waals surface area contributed by atoms with E-state index in [1.54, 1.807) is 6.08 Å². The van der Waals surface area contributed by atoms with Gasteiger partial charge in [0.05, 0.1) is 0 Å². The fourth-order valence-corrected chi connectivity index (χ4v) is 3.08. The number of H-pyrrole nitrogens is 1. The van der Waals surface area contributed by atoms with E-state index in [1.165, 1.54) is 33.0 Å². The summed E-state index contributed by atoms with van der Waals surface area (Å²) in [6, 6.07) is 13.0. The quantitative estimate of drug-likeness (QED) is 0.557. The molecule has 0 amide bonds. The van der Waals surface area contributed by atoms with Gasteiger partial charge in [-0.1, -0.05) is 67.3 Å². The molecule has 1 heteroatoms. The van der Waals surface area contributed by atoms with Crippen molar-refractivity contribution in [3.05, 3.63) is 96.9 Å². The van der Waals surface area contributed by atoms with E-state index in [0.717, 1.165) is 6.42 Å². The third-order valence-corrected chi connectivity index (χ3v) is 4.06. The van der Waals surface area contributed by atoms with Crippen LogP contribution >= 0.6 is 0 Å². The highest BCUT2D eigenvalue weighted by atomic mass is 14.6. The molecule has 0 saturated heterocycles. The molecule has 0 radical (unpaired) electrons. The van der Waals surface area contributed by atoms with Gasteiger partial charge in [0.2, 0.25) is 0 Å². The molecular weight excluding hydrogens is 278 g/mol. The number of aromatic nitrogens is 1. The Morgan fingerprint density at radius 3 is 2.74 bits per heavy atom. The highest BCUT2D eigenvalue weighted by Crippen LogP contribution is 2.34. The van der Waals surface area contributed by atoms with Gasteiger partial charge in [0, 0.05) is 12.4 Å². The monoisotopic (exact) mass is 299 g/mol. The number of nitrogens with one attached hydrogen (secondary N) is 1. The van der Waals surface area contributed by atoms with Gasteiger partial charge < -0.3 is 4.98 Å². The lowest BCUT2D eigenvalue weighted by Gasteiger charge is -2.14. The molecule has 23 heavy (non-hydrogen) atoms. The predicted molar refractivity (Wildman–Crippen MR) is 101 cm³/mol. The van der Waals surface area contributed by atoms with E-state index in [2.05, 4.69) is 73.2 Å². The molecule has 0 bridgehead atoms. The van der Waals surface area contributed by atoms with Crippen molar-refractivity contribution >= 4 is 10.8 Å². The number of hydrogen-bond donors (Lipinski definition) is 1. The molecule has 1 aromatic heterocycles. The summed E-state index contributed by atoms with van der Waals surface area (Å²) in [5.41, 5.74) is 5.28. The van der Waals surface area contributed by atoms with E-state index in [0.29, 0.717) is 0 Å². The van der Waals surface area contributed by atoms with Gasteiger partial charge in [0.25, 0.3) is 0 Å². The van der Waals surface area contributed by atoms with Gasteiger partial charge >= 0.3 is 0 Å². The van der Waals surface area contributed by atoms with E-state index in [9.17, 15) is 0 Å². The molecule has 3 rings (SSSR count). The summed E-state index contributed by atoms with van der Waals surface area (Å²) in [5.74, 6) is 0. The summed E-state index contributed by atoms with van der Waals surface area (Å²) in [6.07, 6.45) is 15.0. The maximum Gasteiger partial charge on any atom is 0.00843 e. The van der Waals surface area contributed by atoms with Gasteiger partial charge in [0.15, 0.2) is 0 Å². The minimum Gasteiger partial charge on any atom is -0.367 e. The first-order valence-electron chi connectivity index (χ1n) is 7.90. The summed E-state index contributed by atoms with van der Waals surface area (Å²) < 4.78 is 0. The molecule has 3 aromatic rings. The second-order valence-corrected chi connectivity index (χ2v) is 5.62. The van der Waals surface area contributed by atoms with E-state index in [-0.39, 0.29) is 0 Å². The van der Waals surface area contributed by atoms with E-state index >= 15 is 0 Å². The Morgan fingerprint density at radius 2 is 1.96 bits per heavy atom. The van der Waals surface area contributed by atoms with Crippen LogP contribution in [-0.4, -0.2) is 4.98 Å². The SMILES string of the molecule is C=C/C=C\C=C/Cc1c(-c2cc[nH]c2)c(C)cc2ccccc12. The third-order valence-electron chi connectivity index (χ3n) is 4.06. The zero-order valence-corrected chi connectivity index (χ0v) is 13.4. The lowest BCUT2D eigenvalue weighted by Crippen LogP contribution is -1.94. The Balaban J connectivity index is 2.14. The lowest BCUT2D eigenvalue weighted by molar-refractivity contribution is 1.28. The van der Waals surface area contributed by atoms with Crippen molar-refractivity contribution in [2.75, 3.05) is 0 Å². The summed E-state index contributed by atoms with van der Waals surface area (Å²) in [4.78, 5) is 3.17. The van der Waals surface area contributed by atoms with E-state index in [4.69, 9.17) is 0 Å². The van der Waals surface area contributed by atoms with Crippen molar-refractivity contribution in [1.29, 1.82) is 0 Å². The molecule has 0 unspecified atom stereocenters. The third kappa shape index (κ3) is 3.19. The first-order valence-corrected chi connectivity index (χ1v) is 7.90. The zero-order valence-electron chi connectivity index (χ0n) is 13.4. The number of aryl methyl sites for hydroxylation is 1. The van der Waals surface area contributed by atoms with Gasteiger partial charge in [-0.15, -0.1) is 0 Å². The largest absolute Gasteiger partial charge is 0.367 e. The topological polar surface area (TPSA) is 15.8 Å². The Bertz CT molecular complexity index is 864. The molecule has 0 saturated carbocycles. The minimum atomic E-state index is 0.907. The highest BCUT2D eigenvalue weighted by molar-refractivity contribution is 5.93. The smallest absolute Gasteiger partial charge is 0.00843 e. The van der Waals surface area contributed by atoms with Crippen molar-refractivity contribution in [3.63, 3.8) is 0 Å². The van der Waals surface area contributed by atoms with E-state index in [1.807, 2.05) is 18.3 Å². The van der Waals surface area contributed by atoms with Crippen LogP contribution in [0.4, 0.5) is 0 Å². The molecule has 114 valence electrons. The Hall–Kier alpha value is -2.80. The summed E-state index contributed by atoms with van der Waals surface area (Å²) in [6.45, 7) is 5.89. The number of hydrogen-bond acceptors (Lipinski definition) is 0. The van der Waals surface area contributed by atoms with Crippen molar-refractivity contribution < 1.29 is 0 Å². The van der Waals surface area contributed by atoms with Gasteiger partial charge in [-0.2, -0.15) is 0 Å². The van der Waals surface area contributed by atoms with Gasteiger partial charge in [0.1, 0.15) is 0 Å². The standard InChI is InChI=1S/C22H21N/c1-3-4-5-6-7-12-21-20-11-9-8-10-18(20)15-17(2)22(21)19-13-14-23-16-19/h3-11,13-16,23H,1,12H2,2H3/b5-4-,7-6-. The van der Waals surface area contributed by atoms with Crippen LogP contribution in [0.5, 0.6) is 0 Å².